The largest absolute Gasteiger partial charge is 0.489 e. The van der Waals surface area contributed by atoms with Gasteiger partial charge >= 0.3 is 0 Å². The van der Waals surface area contributed by atoms with Crippen LogP contribution in [0.25, 0.3) is 11.0 Å². The van der Waals surface area contributed by atoms with E-state index in [0.29, 0.717) is 62.2 Å². The molecule has 406 valence electrons. The average molecular weight is 1060 g/mol. The maximum absolute atomic E-state index is 14.6. The van der Waals surface area contributed by atoms with Crippen LogP contribution >= 0.6 is 0 Å². The summed E-state index contributed by atoms with van der Waals surface area (Å²) in [6, 6.07) is 20.1. The number of sulfonamides is 1. The Labute approximate surface area is 444 Å². The Morgan fingerprint density at radius 2 is 1.78 bits per heavy atom. The van der Waals surface area contributed by atoms with Gasteiger partial charge in [0, 0.05) is 86.2 Å². The second-order valence-corrected chi connectivity index (χ2v) is 25.1. The fraction of sp³-hybridized carbons (Fsp3) is 0.544. The lowest BCUT2D eigenvalue weighted by Crippen LogP contribution is -2.63. The van der Waals surface area contributed by atoms with E-state index in [9.17, 15) is 33.5 Å². The number of aromatic amines is 1. The lowest BCUT2D eigenvalue weighted by molar-refractivity contribution is -0.384. The molecule has 1 amide bonds. The molecule has 18 nitrogen and oxygen atoms in total. The highest BCUT2D eigenvalue weighted by Crippen LogP contribution is 2.50. The van der Waals surface area contributed by atoms with Crippen molar-refractivity contribution in [2.45, 2.75) is 138 Å². The lowest BCUT2D eigenvalue weighted by atomic mass is 9.70. The number of benzene rings is 3. The molecule has 76 heavy (non-hydrogen) atoms. The topological polar surface area (TPSA) is 225 Å². The molecule has 0 radical (unpaired) electrons. The molecule has 19 heteroatoms. The summed E-state index contributed by atoms with van der Waals surface area (Å²) in [5.41, 5.74) is 4.11. The van der Waals surface area contributed by atoms with Gasteiger partial charge in [0.1, 0.15) is 24.1 Å². The predicted octanol–water partition coefficient (Wildman–Crippen LogP) is 8.61. The van der Waals surface area contributed by atoms with E-state index in [1.807, 2.05) is 24.9 Å². The molecule has 5 N–H and O–H groups in total. The Bertz CT molecular complexity index is 3120. The van der Waals surface area contributed by atoms with Crippen molar-refractivity contribution in [1.29, 1.82) is 0 Å². The van der Waals surface area contributed by atoms with E-state index in [1.165, 1.54) is 36.5 Å². The van der Waals surface area contributed by atoms with E-state index in [1.54, 1.807) is 31.2 Å². The van der Waals surface area contributed by atoms with Gasteiger partial charge in [0.05, 0.1) is 33.6 Å². The van der Waals surface area contributed by atoms with Crippen LogP contribution in [0.2, 0.25) is 0 Å². The number of piperidine rings is 1. The van der Waals surface area contributed by atoms with Crippen molar-refractivity contribution < 1.29 is 42.6 Å². The average Bonchev–Trinajstić information content (AvgIpc) is 4.13. The number of pyridine rings is 1. The molecular weight excluding hydrogens is 989 g/mol. The van der Waals surface area contributed by atoms with Crippen LogP contribution in [0.4, 0.5) is 17.1 Å². The highest BCUT2D eigenvalue weighted by molar-refractivity contribution is 7.90. The number of likely N-dealkylation sites (N-methyl/N-ethyl adjacent to an activating group) is 1. The van der Waals surface area contributed by atoms with Crippen molar-refractivity contribution in [1.82, 2.24) is 24.5 Å². The Hall–Kier alpha value is -5.99. The Morgan fingerprint density at radius 1 is 1.01 bits per heavy atom. The van der Waals surface area contributed by atoms with E-state index in [0.717, 1.165) is 61.9 Å². The molecule has 0 bridgehead atoms. The number of hydrogen-bond acceptors (Lipinski definition) is 15. The molecule has 5 aromatic rings. The summed E-state index contributed by atoms with van der Waals surface area (Å²) in [6.07, 6.45) is 8.45. The standard InChI is InChI=1S/C57H72N8O10S/c1-34(2)42-9-6-7-10-43(42)44-11-8-12-47(44)64-32-57(33-64)19-21-63(22-20-57)38-13-14-45(49(26-38)75-51-24-37-23-35(3)58-53(37)60-55(51)74-40-25-39(30-66)62(5)29-40)54(67)61-76(71,72)41-27-48(65(69)70)52-50(28-41)73-31-46(59-52)36-15-17-56(4,68)18-16-36/h6-7,9-10,13-14,23-24,26-28,34,36,39-40,44,46-47,59,66,68H,8,11-12,15-22,25,29-33H2,1-5H3,(H,58,60)(H,61,67)/t36-,39-,40+,44-,46+,47?,56-/m0/s1. The third-order valence-electron chi connectivity index (χ3n) is 17.7. The van der Waals surface area contributed by atoms with Crippen LogP contribution in [-0.4, -0.2) is 132 Å². The van der Waals surface area contributed by atoms with Crippen LogP contribution < -0.4 is 29.1 Å². The summed E-state index contributed by atoms with van der Waals surface area (Å²) in [6.45, 7) is 12.6. The number of ether oxygens (including phenoxy) is 3. The summed E-state index contributed by atoms with van der Waals surface area (Å²) in [5, 5.41) is 37.1. The molecule has 5 fully saturated rings. The number of fused-ring (bicyclic) bond motifs is 2. The fourth-order valence-electron chi connectivity index (χ4n) is 13.3. The van der Waals surface area contributed by atoms with Crippen LogP contribution in [0.5, 0.6) is 23.1 Å². The van der Waals surface area contributed by atoms with E-state index in [4.69, 9.17) is 19.2 Å². The number of nitro groups is 1. The van der Waals surface area contributed by atoms with E-state index >= 15 is 0 Å². The Kier molecular flexibility index (Phi) is 14.0. The van der Waals surface area contributed by atoms with Gasteiger partial charge in [-0.2, -0.15) is 4.98 Å². The molecule has 1 unspecified atom stereocenters. The zero-order valence-electron chi connectivity index (χ0n) is 44.2. The Balaban J connectivity index is 0.859. The number of carbonyl (C=O) groups is 1. The van der Waals surface area contributed by atoms with Gasteiger partial charge in [0.2, 0.25) is 0 Å². The minimum absolute atomic E-state index is 0.0169. The first-order chi connectivity index (χ1) is 36.3. The highest BCUT2D eigenvalue weighted by atomic mass is 32.2. The van der Waals surface area contributed by atoms with Crippen molar-refractivity contribution in [2.75, 3.05) is 63.2 Å². The number of nitro benzene ring substituents is 1. The maximum atomic E-state index is 14.6. The van der Waals surface area contributed by atoms with Gasteiger partial charge in [0.15, 0.2) is 17.2 Å². The first kappa shape index (κ1) is 52.1. The minimum atomic E-state index is -4.75. The molecule has 6 heterocycles. The van der Waals surface area contributed by atoms with Crippen molar-refractivity contribution in [3.63, 3.8) is 0 Å². The zero-order valence-corrected chi connectivity index (χ0v) is 45.0. The number of nitrogens with zero attached hydrogens (tertiary/aromatic N) is 5. The van der Waals surface area contributed by atoms with Crippen LogP contribution in [-0.2, 0) is 10.0 Å². The smallest absolute Gasteiger partial charge is 0.297 e. The molecule has 3 saturated heterocycles. The monoisotopic (exact) mass is 1060 g/mol. The zero-order chi connectivity index (χ0) is 53.3. The minimum Gasteiger partial charge on any atom is -0.489 e. The molecule has 11 rings (SSSR count). The number of amides is 1. The van der Waals surface area contributed by atoms with Crippen molar-refractivity contribution >= 4 is 44.0 Å². The summed E-state index contributed by atoms with van der Waals surface area (Å²) in [5.74, 6) is 0.505. The number of aliphatic hydroxyl groups excluding tert-OH is 1. The van der Waals surface area contributed by atoms with Crippen LogP contribution in [0.15, 0.2) is 71.6 Å². The first-order valence-electron chi connectivity index (χ1n) is 27.2. The third-order valence-corrected chi connectivity index (χ3v) is 19.0. The van der Waals surface area contributed by atoms with Gasteiger partial charge in [-0.1, -0.05) is 44.5 Å². The number of nitrogens with one attached hydrogen (secondary N) is 3. The van der Waals surface area contributed by atoms with Gasteiger partial charge in [-0.25, -0.2) is 13.1 Å². The summed E-state index contributed by atoms with van der Waals surface area (Å²) < 4.78 is 50.1. The summed E-state index contributed by atoms with van der Waals surface area (Å²) >= 11 is 0. The molecule has 1 spiro atoms. The number of likely N-dealkylation sites (tertiary alicyclic amines) is 2. The number of rotatable bonds is 14. The molecule has 6 aliphatic rings. The van der Waals surface area contributed by atoms with Crippen LogP contribution in [0.1, 0.15) is 124 Å². The number of carbonyl (C=O) groups excluding carboxylic acids is 1. The van der Waals surface area contributed by atoms with Crippen molar-refractivity contribution in [3.8, 4) is 23.1 Å². The molecule has 4 aliphatic heterocycles. The van der Waals surface area contributed by atoms with Crippen molar-refractivity contribution in [3.05, 3.63) is 99.2 Å². The number of aliphatic hydroxyl groups is 2. The fourth-order valence-corrected chi connectivity index (χ4v) is 14.3. The van der Waals surface area contributed by atoms with E-state index in [-0.39, 0.29) is 77.1 Å². The number of H-pyrrole nitrogens is 1. The Morgan fingerprint density at radius 3 is 2.50 bits per heavy atom. The van der Waals surface area contributed by atoms with Crippen LogP contribution in [0.3, 0.4) is 0 Å². The summed E-state index contributed by atoms with van der Waals surface area (Å²) in [4.78, 5) is 41.1. The quantitative estimate of drug-likeness (QED) is 0.0519. The maximum Gasteiger partial charge on any atom is 0.297 e. The number of hydrogen-bond donors (Lipinski definition) is 5. The van der Waals surface area contributed by atoms with Gasteiger partial charge < -0.3 is 39.6 Å². The van der Waals surface area contributed by atoms with E-state index < -0.39 is 37.0 Å². The van der Waals surface area contributed by atoms with Gasteiger partial charge in [-0.15, -0.1) is 0 Å². The number of aryl methyl sites for hydroxylation is 1. The third kappa shape index (κ3) is 10.3. The van der Waals surface area contributed by atoms with Gasteiger partial charge in [-0.05, 0) is 131 Å². The second kappa shape index (κ2) is 20.4. The van der Waals surface area contributed by atoms with Gasteiger partial charge in [-0.3, -0.25) is 24.7 Å². The second-order valence-electron chi connectivity index (χ2n) is 23.4. The molecule has 2 saturated carbocycles. The highest BCUT2D eigenvalue weighted by Gasteiger charge is 2.50. The molecule has 3 aromatic carbocycles. The molecular formula is C57H72N8O10S. The molecule has 2 aliphatic carbocycles. The summed E-state index contributed by atoms with van der Waals surface area (Å²) in [7, 11) is -2.83. The first-order valence-corrected chi connectivity index (χ1v) is 28.7. The van der Waals surface area contributed by atoms with E-state index in [2.05, 4.69) is 62.9 Å². The number of anilines is 2. The number of aromatic nitrogens is 2. The molecule has 2 aromatic heterocycles. The predicted molar refractivity (Wildman–Crippen MR) is 289 cm³/mol. The SMILES string of the molecule is Cc1cc2cc(Oc3cc(N4CCC5(CC4)CN(C4CCC[C@H]4c4ccccc4C(C)C)C5)ccc3C(=O)NS(=O)(=O)c3cc4c(c([N+](=O)[O-])c3)N[C@@H]([C@H]3CC[C@](C)(O)CC3)CO4)c(O[C@@H]3C[C@@H](CO)N(C)C3)nc2[nH]1. The normalized spacial score (nSPS) is 26.7. The van der Waals surface area contributed by atoms with Gasteiger partial charge in [0.25, 0.3) is 27.5 Å². The van der Waals surface area contributed by atoms with Crippen LogP contribution in [0, 0.1) is 28.4 Å². The molecule has 5 atom stereocenters. The lowest BCUT2D eigenvalue weighted by Gasteiger charge is -2.57. The van der Waals surface area contributed by atoms with Crippen molar-refractivity contribution in [2.24, 2.45) is 11.3 Å².